The zero-order valence-electron chi connectivity index (χ0n) is 16.7. The number of fused-ring (bicyclic) bond motifs is 2. The molecule has 0 fully saturated rings. The Bertz CT molecular complexity index is 946. The van der Waals surface area contributed by atoms with Crippen molar-refractivity contribution < 1.29 is 0 Å². The Morgan fingerprint density at radius 3 is 2.86 bits per heavy atom. The number of nitrogens with one attached hydrogen (secondary N) is 2. The maximum absolute atomic E-state index is 4.40. The molecule has 0 spiro atoms. The first kappa shape index (κ1) is 21.5. The van der Waals surface area contributed by atoms with Crippen LogP contribution in [-0.4, -0.2) is 48.9 Å². The molecular weight excluding hydrogens is 481 g/mol. The van der Waals surface area contributed by atoms with Crippen LogP contribution in [0.5, 0.6) is 0 Å². The summed E-state index contributed by atoms with van der Waals surface area (Å²) in [5.41, 5.74) is 0.842. The lowest BCUT2D eigenvalue weighted by molar-refractivity contribution is 0.593. The van der Waals surface area contributed by atoms with Gasteiger partial charge in [-0.3, -0.25) is 9.39 Å². The van der Waals surface area contributed by atoms with Crippen molar-refractivity contribution in [3.05, 3.63) is 41.9 Å². The Kier molecular flexibility index (Phi) is 7.78. The van der Waals surface area contributed by atoms with E-state index in [4.69, 9.17) is 0 Å². The van der Waals surface area contributed by atoms with Crippen molar-refractivity contribution in [1.82, 2.24) is 40.0 Å². The molecule has 3 aromatic heterocycles. The molecule has 1 aliphatic rings. The molecule has 0 atom stereocenters. The minimum absolute atomic E-state index is 0. The Morgan fingerprint density at radius 1 is 1.07 bits per heavy atom. The highest BCUT2D eigenvalue weighted by molar-refractivity contribution is 14.0. The molecule has 2 N–H and O–H groups in total. The Labute approximate surface area is 187 Å². The highest BCUT2D eigenvalue weighted by Crippen LogP contribution is 2.15. The minimum Gasteiger partial charge on any atom is -0.356 e. The van der Waals surface area contributed by atoms with E-state index in [0.717, 1.165) is 61.4 Å². The van der Waals surface area contributed by atoms with E-state index in [0.29, 0.717) is 6.54 Å². The van der Waals surface area contributed by atoms with Gasteiger partial charge >= 0.3 is 0 Å². The van der Waals surface area contributed by atoms with Crippen LogP contribution in [-0.2, 0) is 25.9 Å². The van der Waals surface area contributed by atoms with Gasteiger partial charge in [0.05, 0.1) is 6.54 Å². The lowest BCUT2D eigenvalue weighted by Crippen LogP contribution is -2.37. The molecule has 0 aliphatic carbocycles. The fourth-order valence-corrected chi connectivity index (χ4v) is 3.58. The molecule has 0 bridgehead atoms. The number of guanidine groups is 1. The summed E-state index contributed by atoms with van der Waals surface area (Å²) in [6.45, 7) is 2.44. The van der Waals surface area contributed by atoms with Crippen LogP contribution in [0.25, 0.3) is 5.65 Å². The average Bonchev–Trinajstić information content (AvgIpc) is 3.23. The predicted molar refractivity (Wildman–Crippen MR) is 123 cm³/mol. The Balaban J connectivity index is 0.00000240. The summed E-state index contributed by atoms with van der Waals surface area (Å²) in [4.78, 5) is 4.29. The largest absolute Gasteiger partial charge is 0.356 e. The fourth-order valence-electron chi connectivity index (χ4n) is 3.58. The number of halogens is 1. The van der Waals surface area contributed by atoms with Gasteiger partial charge in [-0.15, -0.1) is 44.4 Å². The van der Waals surface area contributed by atoms with E-state index in [1.165, 1.54) is 19.3 Å². The molecule has 0 radical (unpaired) electrons. The molecule has 156 valence electrons. The second-order valence-corrected chi connectivity index (χ2v) is 7.00. The Morgan fingerprint density at radius 2 is 1.97 bits per heavy atom. The summed E-state index contributed by atoms with van der Waals surface area (Å²) in [6.07, 6.45) is 8.66. The smallest absolute Gasteiger partial charge is 0.191 e. The molecular formula is C19H28IN9. The number of aliphatic imine (C=N–C) groups is 1. The van der Waals surface area contributed by atoms with Crippen LogP contribution in [0.15, 0.2) is 29.4 Å². The van der Waals surface area contributed by atoms with Crippen molar-refractivity contribution in [3.8, 4) is 0 Å². The molecule has 4 heterocycles. The third-order valence-corrected chi connectivity index (χ3v) is 5.08. The number of nitrogens with zero attached hydrogens (tertiary/aromatic N) is 7. The fraction of sp³-hybridized carbons (Fsp3) is 0.526. The number of rotatable bonds is 6. The summed E-state index contributed by atoms with van der Waals surface area (Å²) >= 11 is 0. The van der Waals surface area contributed by atoms with Gasteiger partial charge in [-0.1, -0.05) is 12.5 Å². The van der Waals surface area contributed by atoms with Gasteiger partial charge in [0.15, 0.2) is 17.4 Å². The van der Waals surface area contributed by atoms with Gasteiger partial charge in [0.25, 0.3) is 0 Å². The summed E-state index contributed by atoms with van der Waals surface area (Å²) in [5.74, 6) is 3.87. The highest BCUT2D eigenvalue weighted by atomic mass is 127. The van der Waals surface area contributed by atoms with Crippen molar-refractivity contribution in [2.24, 2.45) is 4.99 Å². The van der Waals surface area contributed by atoms with Crippen molar-refractivity contribution >= 4 is 35.6 Å². The topological polar surface area (TPSA) is 97.3 Å². The lowest BCUT2D eigenvalue weighted by Gasteiger charge is -2.11. The summed E-state index contributed by atoms with van der Waals surface area (Å²) in [7, 11) is 1.77. The molecule has 0 saturated carbocycles. The van der Waals surface area contributed by atoms with Crippen molar-refractivity contribution in [2.75, 3.05) is 13.6 Å². The van der Waals surface area contributed by atoms with Crippen LogP contribution in [0.2, 0.25) is 0 Å². The SMILES string of the molecule is CN=C(NCCCc1nnc2n1CCCCC2)NCc1nnc2ccccn12.I. The number of aromatic nitrogens is 6. The summed E-state index contributed by atoms with van der Waals surface area (Å²) < 4.78 is 4.29. The van der Waals surface area contributed by atoms with E-state index in [1.807, 2.05) is 28.8 Å². The van der Waals surface area contributed by atoms with Gasteiger partial charge < -0.3 is 15.2 Å². The molecule has 0 amide bonds. The molecule has 0 unspecified atom stereocenters. The molecule has 9 nitrogen and oxygen atoms in total. The van der Waals surface area contributed by atoms with E-state index >= 15 is 0 Å². The predicted octanol–water partition coefficient (Wildman–Crippen LogP) is 1.96. The van der Waals surface area contributed by atoms with E-state index < -0.39 is 0 Å². The molecule has 10 heteroatoms. The average molecular weight is 509 g/mol. The normalized spacial score (nSPS) is 14.2. The van der Waals surface area contributed by atoms with Crippen LogP contribution < -0.4 is 10.6 Å². The van der Waals surface area contributed by atoms with E-state index in [1.54, 1.807) is 7.05 Å². The van der Waals surface area contributed by atoms with Crippen molar-refractivity contribution in [1.29, 1.82) is 0 Å². The van der Waals surface area contributed by atoms with Crippen molar-refractivity contribution in [3.63, 3.8) is 0 Å². The first-order chi connectivity index (χ1) is 13.8. The summed E-state index contributed by atoms with van der Waals surface area (Å²) in [5, 5.41) is 23.8. The molecule has 4 rings (SSSR count). The maximum atomic E-state index is 4.40. The first-order valence-corrected chi connectivity index (χ1v) is 9.99. The minimum atomic E-state index is 0. The standard InChI is InChI=1S/C19H27N9.HI/c1-20-19(22-14-18-26-25-16-9-4-6-13-28(16)18)21-11-7-10-17-24-23-15-8-3-2-5-12-27(15)17;/h4,6,9,13H,2-3,5,7-8,10-12,14H2,1H3,(H2,20,21,22);1H. The van der Waals surface area contributed by atoms with E-state index in [-0.39, 0.29) is 24.0 Å². The monoisotopic (exact) mass is 509 g/mol. The van der Waals surface area contributed by atoms with Gasteiger partial charge in [0.1, 0.15) is 11.6 Å². The number of hydrogen-bond donors (Lipinski definition) is 2. The van der Waals surface area contributed by atoms with Gasteiger partial charge in [-0.25, -0.2) is 0 Å². The second kappa shape index (κ2) is 10.5. The van der Waals surface area contributed by atoms with Crippen LogP contribution >= 0.6 is 24.0 Å². The molecule has 3 aromatic rings. The van der Waals surface area contributed by atoms with Crippen LogP contribution in [0.1, 0.15) is 43.2 Å². The maximum Gasteiger partial charge on any atom is 0.191 e. The highest BCUT2D eigenvalue weighted by Gasteiger charge is 2.14. The Hall–Kier alpha value is -2.24. The zero-order valence-corrected chi connectivity index (χ0v) is 19.0. The number of pyridine rings is 1. The molecule has 0 saturated heterocycles. The van der Waals surface area contributed by atoms with Gasteiger partial charge in [-0.05, 0) is 31.4 Å². The van der Waals surface area contributed by atoms with Gasteiger partial charge in [-0.2, -0.15) is 0 Å². The third-order valence-electron chi connectivity index (χ3n) is 5.08. The van der Waals surface area contributed by atoms with Gasteiger partial charge in [0, 0.05) is 39.2 Å². The van der Waals surface area contributed by atoms with Crippen LogP contribution in [0, 0.1) is 0 Å². The number of hydrogen-bond acceptors (Lipinski definition) is 5. The van der Waals surface area contributed by atoms with E-state index in [2.05, 4.69) is 40.6 Å². The molecule has 1 aliphatic heterocycles. The third kappa shape index (κ3) is 5.22. The van der Waals surface area contributed by atoms with Crippen LogP contribution in [0.4, 0.5) is 0 Å². The zero-order chi connectivity index (χ0) is 19.2. The van der Waals surface area contributed by atoms with E-state index in [9.17, 15) is 0 Å². The lowest BCUT2D eigenvalue weighted by atomic mass is 10.2. The molecule has 0 aromatic carbocycles. The summed E-state index contributed by atoms with van der Waals surface area (Å²) in [6, 6.07) is 5.86. The first-order valence-electron chi connectivity index (χ1n) is 9.99. The van der Waals surface area contributed by atoms with Crippen LogP contribution in [0.3, 0.4) is 0 Å². The number of aryl methyl sites for hydroxylation is 2. The van der Waals surface area contributed by atoms with Gasteiger partial charge in [0.2, 0.25) is 0 Å². The second-order valence-electron chi connectivity index (χ2n) is 7.00. The van der Waals surface area contributed by atoms with Crippen molar-refractivity contribution in [2.45, 2.75) is 51.6 Å². The quantitative estimate of drug-likeness (QED) is 0.228. The molecule has 29 heavy (non-hydrogen) atoms.